The van der Waals surface area contributed by atoms with Crippen LogP contribution in [-0.2, 0) is 26.4 Å². The van der Waals surface area contributed by atoms with Gasteiger partial charge in [0.2, 0.25) is 0 Å². The van der Waals surface area contributed by atoms with Crippen molar-refractivity contribution >= 4 is 12.6 Å². The molecule has 2 aromatic carbocycles. The van der Waals surface area contributed by atoms with Gasteiger partial charge in [0.25, 0.3) is 0 Å². The molecule has 2 aliphatic rings. The van der Waals surface area contributed by atoms with E-state index in [1.54, 1.807) is 0 Å². The van der Waals surface area contributed by atoms with E-state index in [2.05, 4.69) is 12.1 Å². The summed E-state index contributed by atoms with van der Waals surface area (Å²) >= 11 is 0. The van der Waals surface area contributed by atoms with E-state index < -0.39 is 0 Å². The molecule has 4 rings (SSSR count). The average Bonchev–Trinajstić information content (AvgIpc) is 3.20. The van der Waals surface area contributed by atoms with E-state index in [4.69, 9.17) is 9.31 Å². The second kappa shape index (κ2) is 7.85. The zero-order valence-electron chi connectivity index (χ0n) is 11.4. The third-order valence-electron chi connectivity index (χ3n) is 3.75. The Labute approximate surface area is 131 Å². The molecule has 0 radical (unpaired) electrons. The van der Waals surface area contributed by atoms with Gasteiger partial charge >= 0.3 is 7.12 Å². The number of rotatable bonds is 1. The fourth-order valence-electron chi connectivity index (χ4n) is 2.75. The molecule has 0 amide bonds. The minimum atomic E-state index is -0.0990. The van der Waals surface area contributed by atoms with Crippen molar-refractivity contribution in [3.05, 3.63) is 54.6 Å². The molecule has 2 atom stereocenters. The smallest absolute Gasteiger partial charge is 0.418 e. The maximum absolute atomic E-state index is 5.89. The minimum absolute atomic E-state index is 0. The average molecular weight is 310 g/mol. The SMILES string of the molecule is [Fe].[cH-]1[cH-][cH-][cH-][cH-]1.c1cc[c-](B2O[C@H]3CCCC[C@H]3O2)c1. The molecule has 1 aliphatic heterocycles. The van der Waals surface area contributed by atoms with Crippen LogP contribution < -0.4 is 5.46 Å². The Morgan fingerprint density at radius 1 is 0.850 bits per heavy atom. The summed E-state index contributed by atoms with van der Waals surface area (Å²) in [5.74, 6) is 0. The normalized spacial score (nSPS) is 24.3. The number of hydrogen-bond donors (Lipinski definition) is 0. The predicted octanol–water partition coefficient (Wildman–Crippen LogP) is 2.86. The molecule has 1 saturated carbocycles. The zero-order valence-corrected chi connectivity index (χ0v) is 12.5. The topological polar surface area (TPSA) is 18.5 Å². The van der Waals surface area contributed by atoms with Gasteiger partial charge in [-0.3, -0.25) is 0 Å². The standard InChI is InChI=1S/C11H14BO2.C5H5.Fe/c1-2-6-9(5-1)12-13-10-7-3-4-8-11(10)14-12;1-2-4-5-3-1;/h1-2,5-6,10-11H,3-4,7-8H2;1-5H;/q-1;-5;/t10-,11+;;. The van der Waals surface area contributed by atoms with Gasteiger partial charge < -0.3 is 39.6 Å². The van der Waals surface area contributed by atoms with Crippen molar-refractivity contribution in [1.82, 2.24) is 0 Å². The molecule has 4 heteroatoms. The molecular formula is C16H19BFeO2-6. The van der Waals surface area contributed by atoms with Gasteiger partial charge in [-0.2, -0.15) is 12.1 Å². The Balaban J connectivity index is 0.000000210. The van der Waals surface area contributed by atoms with Gasteiger partial charge in [-0.05, 0) is 12.8 Å². The largest absolute Gasteiger partial charge is 0.748 e. The van der Waals surface area contributed by atoms with E-state index in [0.29, 0.717) is 12.2 Å². The summed E-state index contributed by atoms with van der Waals surface area (Å²) in [7, 11) is -0.0990. The Kier molecular flexibility index (Phi) is 6.12. The molecule has 0 aromatic heterocycles. The molecule has 1 heterocycles. The first-order valence-corrected chi connectivity index (χ1v) is 7.13. The third kappa shape index (κ3) is 3.86. The number of hydrogen-bond acceptors (Lipinski definition) is 2. The van der Waals surface area contributed by atoms with Gasteiger partial charge in [0.15, 0.2) is 0 Å². The van der Waals surface area contributed by atoms with E-state index in [-0.39, 0.29) is 24.2 Å². The number of fused-ring (bicyclic) bond motifs is 1. The molecule has 0 spiro atoms. The summed E-state index contributed by atoms with van der Waals surface area (Å²) in [5.41, 5.74) is 1.17. The van der Waals surface area contributed by atoms with Gasteiger partial charge in [-0.25, -0.2) is 12.1 Å². The van der Waals surface area contributed by atoms with Gasteiger partial charge in [-0.15, -0.1) is 5.46 Å². The summed E-state index contributed by atoms with van der Waals surface area (Å²) in [4.78, 5) is 0. The van der Waals surface area contributed by atoms with Crippen LogP contribution in [0.4, 0.5) is 0 Å². The summed E-state index contributed by atoms with van der Waals surface area (Å²) < 4.78 is 11.8. The Hall–Kier alpha value is -0.796. The van der Waals surface area contributed by atoms with Crippen molar-refractivity contribution in [2.45, 2.75) is 37.9 Å². The molecule has 1 aliphatic carbocycles. The van der Waals surface area contributed by atoms with Crippen molar-refractivity contribution in [3.8, 4) is 0 Å². The van der Waals surface area contributed by atoms with E-state index in [1.807, 2.05) is 42.5 Å². The molecule has 0 N–H and O–H groups in total. The second-order valence-corrected chi connectivity index (χ2v) is 5.15. The second-order valence-electron chi connectivity index (χ2n) is 5.15. The van der Waals surface area contributed by atoms with Gasteiger partial charge in [0.05, 0.1) is 12.2 Å². The first-order chi connectivity index (χ1) is 9.43. The van der Waals surface area contributed by atoms with Crippen LogP contribution in [0.25, 0.3) is 0 Å². The molecule has 2 aromatic rings. The maximum atomic E-state index is 5.89. The van der Waals surface area contributed by atoms with Gasteiger partial charge in [0.1, 0.15) is 0 Å². The monoisotopic (exact) mass is 310 g/mol. The van der Waals surface area contributed by atoms with Crippen LogP contribution in [0.1, 0.15) is 25.7 Å². The summed E-state index contributed by atoms with van der Waals surface area (Å²) in [6, 6.07) is 18.2. The van der Waals surface area contributed by atoms with Crippen LogP contribution in [0.3, 0.4) is 0 Å². The summed E-state index contributed by atoms with van der Waals surface area (Å²) in [6.45, 7) is 0. The van der Waals surface area contributed by atoms with Crippen molar-refractivity contribution < 1.29 is 26.4 Å². The first-order valence-electron chi connectivity index (χ1n) is 7.13. The molecule has 1 saturated heterocycles. The molecule has 2 fully saturated rings. The summed E-state index contributed by atoms with van der Waals surface area (Å²) in [5, 5.41) is 0. The van der Waals surface area contributed by atoms with Gasteiger partial charge in [0, 0.05) is 17.1 Å². The van der Waals surface area contributed by atoms with Crippen LogP contribution >= 0.6 is 0 Å². The molecule has 2 nitrogen and oxygen atoms in total. The van der Waals surface area contributed by atoms with E-state index in [1.165, 1.54) is 31.1 Å². The van der Waals surface area contributed by atoms with Crippen molar-refractivity contribution in [1.29, 1.82) is 0 Å². The Morgan fingerprint density at radius 3 is 1.75 bits per heavy atom. The van der Waals surface area contributed by atoms with Crippen LogP contribution in [0, 0.1) is 0 Å². The minimum Gasteiger partial charge on any atom is -0.748 e. The zero-order chi connectivity index (χ0) is 12.9. The maximum Gasteiger partial charge on any atom is 0.418 e. The van der Waals surface area contributed by atoms with Gasteiger partial charge in [-0.1, -0.05) is 12.8 Å². The summed E-state index contributed by atoms with van der Waals surface area (Å²) in [6.07, 6.45) is 5.62. The quantitative estimate of drug-likeness (QED) is 0.596. The molecule has 20 heavy (non-hydrogen) atoms. The fourth-order valence-corrected chi connectivity index (χ4v) is 2.75. The van der Waals surface area contributed by atoms with Crippen LogP contribution in [0.15, 0.2) is 54.6 Å². The van der Waals surface area contributed by atoms with E-state index in [9.17, 15) is 0 Å². The van der Waals surface area contributed by atoms with E-state index >= 15 is 0 Å². The fraction of sp³-hybridized carbons (Fsp3) is 0.375. The molecule has 112 valence electrons. The van der Waals surface area contributed by atoms with E-state index in [0.717, 1.165) is 0 Å². The predicted molar refractivity (Wildman–Crippen MR) is 77.7 cm³/mol. The van der Waals surface area contributed by atoms with Crippen molar-refractivity contribution in [2.75, 3.05) is 0 Å². The molecule has 0 unspecified atom stereocenters. The van der Waals surface area contributed by atoms with Crippen LogP contribution in [0.5, 0.6) is 0 Å². The van der Waals surface area contributed by atoms with Crippen LogP contribution in [-0.4, -0.2) is 19.3 Å². The molecule has 0 bridgehead atoms. The Bertz CT molecular complexity index is 424. The Morgan fingerprint density at radius 2 is 1.30 bits per heavy atom. The van der Waals surface area contributed by atoms with Crippen molar-refractivity contribution in [2.24, 2.45) is 0 Å². The molecular weight excluding hydrogens is 291 g/mol. The van der Waals surface area contributed by atoms with Crippen molar-refractivity contribution in [3.63, 3.8) is 0 Å². The third-order valence-corrected chi connectivity index (χ3v) is 3.75. The van der Waals surface area contributed by atoms with Crippen LogP contribution in [0.2, 0.25) is 0 Å². The first kappa shape index (κ1) is 15.6.